The molecule has 1 saturated carbocycles. The van der Waals surface area contributed by atoms with Crippen molar-refractivity contribution >= 4 is 46.6 Å². The predicted octanol–water partition coefficient (Wildman–Crippen LogP) is 5.50. The number of carbonyl (C=O) groups excluding carboxylic acids is 2. The first kappa shape index (κ1) is 23.7. The highest BCUT2D eigenvalue weighted by Crippen LogP contribution is 2.24. The lowest BCUT2D eigenvalue weighted by Crippen LogP contribution is -2.50. The fourth-order valence-corrected chi connectivity index (χ4v) is 4.01. The average molecular weight is 484 g/mol. The fourth-order valence-electron chi connectivity index (χ4n) is 3.57. The lowest BCUT2D eigenvalue weighted by atomic mass is 10.1. The molecule has 1 N–H and O–H groups in total. The Morgan fingerprint density at radius 2 is 1.74 bits per heavy atom. The van der Waals surface area contributed by atoms with Crippen LogP contribution in [0.3, 0.4) is 0 Å². The Balaban J connectivity index is 1.72. The largest absolute Gasteiger partial charge is 0.484 e. The number of hydrogen-bond acceptors (Lipinski definition) is 3. The summed E-state index contributed by atoms with van der Waals surface area (Å²) in [6.07, 6.45) is 4.16. The minimum atomic E-state index is -0.670. The molecule has 0 spiro atoms. The van der Waals surface area contributed by atoms with Crippen LogP contribution in [0, 0.1) is 0 Å². The van der Waals surface area contributed by atoms with Gasteiger partial charge >= 0.3 is 0 Å². The van der Waals surface area contributed by atoms with E-state index in [2.05, 4.69) is 5.32 Å². The molecule has 2 aromatic rings. The zero-order chi connectivity index (χ0) is 22.4. The SMILES string of the molecule is C[C@H](C(=O)NC1CCCC1)N(Cc1ccc(Cl)c(Cl)c1)C(=O)COc1ccc(Cl)cc1. The van der Waals surface area contributed by atoms with Gasteiger partial charge in [-0.05, 0) is 61.7 Å². The summed E-state index contributed by atoms with van der Waals surface area (Å²) in [7, 11) is 0. The van der Waals surface area contributed by atoms with Gasteiger partial charge in [0, 0.05) is 17.6 Å². The van der Waals surface area contributed by atoms with Crippen LogP contribution >= 0.6 is 34.8 Å². The van der Waals surface area contributed by atoms with Crippen LogP contribution in [-0.4, -0.2) is 35.4 Å². The molecule has 2 amide bonds. The lowest BCUT2D eigenvalue weighted by Gasteiger charge is -2.29. The second-order valence-corrected chi connectivity index (χ2v) is 8.93. The third kappa shape index (κ3) is 6.76. The van der Waals surface area contributed by atoms with Gasteiger partial charge in [-0.2, -0.15) is 0 Å². The van der Waals surface area contributed by atoms with Crippen molar-refractivity contribution in [2.75, 3.05) is 6.61 Å². The summed E-state index contributed by atoms with van der Waals surface area (Å²) in [6.45, 7) is 1.73. The highest BCUT2D eigenvalue weighted by Gasteiger charge is 2.28. The van der Waals surface area contributed by atoms with Crippen LogP contribution in [0.4, 0.5) is 0 Å². The second-order valence-electron chi connectivity index (χ2n) is 7.68. The maximum absolute atomic E-state index is 13.1. The Hall–Kier alpha value is -1.95. The van der Waals surface area contributed by atoms with E-state index in [0.29, 0.717) is 20.8 Å². The first-order valence-electron chi connectivity index (χ1n) is 10.3. The van der Waals surface area contributed by atoms with Crippen molar-refractivity contribution in [2.45, 2.75) is 51.2 Å². The molecule has 8 heteroatoms. The smallest absolute Gasteiger partial charge is 0.261 e. The van der Waals surface area contributed by atoms with Gasteiger partial charge < -0.3 is 15.0 Å². The summed E-state index contributed by atoms with van der Waals surface area (Å²) in [5.41, 5.74) is 0.773. The zero-order valence-electron chi connectivity index (χ0n) is 17.2. The molecule has 0 radical (unpaired) electrons. The summed E-state index contributed by atoms with van der Waals surface area (Å²) in [5.74, 6) is 0.0391. The molecule has 1 aliphatic rings. The van der Waals surface area contributed by atoms with Crippen molar-refractivity contribution in [3.05, 3.63) is 63.1 Å². The molecule has 1 fully saturated rings. The summed E-state index contributed by atoms with van der Waals surface area (Å²) in [5, 5.41) is 4.47. The topological polar surface area (TPSA) is 58.6 Å². The van der Waals surface area contributed by atoms with Gasteiger partial charge in [0.05, 0.1) is 10.0 Å². The maximum Gasteiger partial charge on any atom is 0.261 e. The Morgan fingerprint density at radius 3 is 2.39 bits per heavy atom. The van der Waals surface area contributed by atoms with Crippen LogP contribution in [0.2, 0.25) is 15.1 Å². The van der Waals surface area contributed by atoms with Gasteiger partial charge in [0.2, 0.25) is 5.91 Å². The van der Waals surface area contributed by atoms with Gasteiger partial charge in [-0.15, -0.1) is 0 Å². The monoisotopic (exact) mass is 482 g/mol. The molecule has 0 unspecified atom stereocenters. The van der Waals surface area contributed by atoms with Gasteiger partial charge in [0.15, 0.2) is 6.61 Å². The fraction of sp³-hybridized carbons (Fsp3) is 0.391. The molecular weight excluding hydrogens is 459 g/mol. The Kier molecular flexibility index (Phi) is 8.47. The van der Waals surface area contributed by atoms with Crippen molar-refractivity contribution in [1.82, 2.24) is 10.2 Å². The molecule has 166 valence electrons. The quantitative estimate of drug-likeness (QED) is 0.539. The number of carbonyl (C=O) groups is 2. The highest BCUT2D eigenvalue weighted by atomic mass is 35.5. The Labute approximate surface area is 197 Å². The van der Waals surface area contributed by atoms with E-state index in [9.17, 15) is 9.59 Å². The van der Waals surface area contributed by atoms with E-state index < -0.39 is 6.04 Å². The second kappa shape index (κ2) is 11.1. The van der Waals surface area contributed by atoms with Crippen LogP contribution in [-0.2, 0) is 16.1 Å². The zero-order valence-corrected chi connectivity index (χ0v) is 19.5. The molecule has 0 aromatic heterocycles. The van der Waals surface area contributed by atoms with Gasteiger partial charge in [-0.25, -0.2) is 0 Å². The molecule has 0 saturated heterocycles. The average Bonchev–Trinajstić information content (AvgIpc) is 3.26. The van der Waals surface area contributed by atoms with Gasteiger partial charge in [0.1, 0.15) is 11.8 Å². The van der Waals surface area contributed by atoms with E-state index in [1.54, 1.807) is 49.4 Å². The normalized spacial score (nSPS) is 14.8. The Bertz CT molecular complexity index is 915. The van der Waals surface area contributed by atoms with E-state index >= 15 is 0 Å². The molecule has 5 nitrogen and oxygen atoms in total. The molecule has 0 heterocycles. The standard InChI is InChI=1S/C23H25Cl3N2O3/c1-15(23(30)27-18-4-2-3-5-18)28(13-16-6-11-20(25)21(26)12-16)22(29)14-31-19-9-7-17(24)8-10-19/h6-12,15,18H,2-5,13-14H2,1H3,(H,27,30)/t15-/m1/s1. The first-order valence-corrected chi connectivity index (χ1v) is 11.4. The summed E-state index contributed by atoms with van der Waals surface area (Å²) in [6, 6.07) is 11.4. The number of nitrogens with zero attached hydrogens (tertiary/aromatic N) is 1. The van der Waals surface area contributed by atoms with Crippen LogP contribution in [0.5, 0.6) is 5.75 Å². The summed E-state index contributed by atoms with van der Waals surface area (Å²) in [4.78, 5) is 27.4. The van der Waals surface area contributed by atoms with E-state index in [0.717, 1.165) is 31.2 Å². The van der Waals surface area contributed by atoms with E-state index in [4.69, 9.17) is 39.5 Å². The van der Waals surface area contributed by atoms with Gasteiger partial charge in [-0.3, -0.25) is 9.59 Å². The van der Waals surface area contributed by atoms with Crippen molar-refractivity contribution in [3.8, 4) is 5.75 Å². The van der Waals surface area contributed by atoms with Crippen LogP contribution in [0.1, 0.15) is 38.2 Å². The van der Waals surface area contributed by atoms with Crippen LogP contribution in [0.25, 0.3) is 0 Å². The molecule has 2 aromatic carbocycles. The molecule has 1 aliphatic carbocycles. The summed E-state index contributed by atoms with van der Waals surface area (Å²) < 4.78 is 5.62. The maximum atomic E-state index is 13.1. The number of rotatable bonds is 8. The number of hydrogen-bond donors (Lipinski definition) is 1. The molecule has 0 aliphatic heterocycles. The molecule has 0 bridgehead atoms. The van der Waals surface area contributed by atoms with Gasteiger partial charge in [-0.1, -0.05) is 53.7 Å². The minimum absolute atomic E-state index is 0.169. The molecule has 31 heavy (non-hydrogen) atoms. The van der Waals surface area contributed by atoms with Crippen molar-refractivity contribution in [3.63, 3.8) is 0 Å². The Morgan fingerprint density at radius 1 is 1.06 bits per heavy atom. The van der Waals surface area contributed by atoms with Crippen LogP contribution < -0.4 is 10.1 Å². The third-order valence-electron chi connectivity index (χ3n) is 5.38. The molecule has 3 rings (SSSR count). The minimum Gasteiger partial charge on any atom is -0.484 e. The number of benzene rings is 2. The number of nitrogens with one attached hydrogen (secondary N) is 1. The van der Waals surface area contributed by atoms with Crippen molar-refractivity contribution in [2.24, 2.45) is 0 Å². The molecular formula is C23H25Cl3N2O3. The lowest BCUT2D eigenvalue weighted by molar-refractivity contribution is -0.142. The van der Waals surface area contributed by atoms with E-state index in [1.807, 2.05) is 0 Å². The first-order chi connectivity index (χ1) is 14.8. The molecule has 1 atom stereocenters. The number of amides is 2. The van der Waals surface area contributed by atoms with Crippen molar-refractivity contribution in [1.29, 1.82) is 0 Å². The summed E-state index contributed by atoms with van der Waals surface area (Å²) >= 11 is 18.0. The van der Waals surface area contributed by atoms with Crippen molar-refractivity contribution < 1.29 is 14.3 Å². The van der Waals surface area contributed by atoms with E-state index in [1.165, 1.54) is 4.90 Å². The van der Waals surface area contributed by atoms with Crippen LogP contribution in [0.15, 0.2) is 42.5 Å². The number of halogens is 3. The number of ether oxygens (including phenoxy) is 1. The third-order valence-corrected chi connectivity index (χ3v) is 6.37. The highest BCUT2D eigenvalue weighted by molar-refractivity contribution is 6.42. The van der Waals surface area contributed by atoms with Gasteiger partial charge in [0.25, 0.3) is 5.91 Å². The van der Waals surface area contributed by atoms with E-state index in [-0.39, 0.29) is 31.0 Å². The predicted molar refractivity (Wildman–Crippen MR) is 124 cm³/mol.